The van der Waals surface area contributed by atoms with Gasteiger partial charge in [0, 0.05) is 43.8 Å². The molecule has 0 saturated carbocycles. The lowest BCUT2D eigenvalue weighted by molar-refractivity contribution is 0.400. The van der Waals surface area contributed by atoms with Crippen molar-refractivity contribution in [3.63, 3.8) is 0 Å². The second kappa shape index (κ2) is 8.83. The number of nitrogens with one attached hydrogen (secondary N) is 1. The van der Waals surface area contributed by atoms with Crippen molar-refractivity contribution < 1.29 is 0 Å². The van der Waals surface area contributed by atoms with E-state index in [2.05, 4.69) is 50.5 Å². The number of rotatable bonds is 6. The molecule has 144 valence electrons. The highest BCUT2D eigenvalue weighted by Gasteiger charge is 2.21. The Balaban J connectivity index is 1.36. The van der Waals surface area contributed by atoms with Gasteiger partial charge in [-0.15, -0.1) is 0 Å². The molecule has 4 rings (SSSR count). The molecule has 0 atom stereocenters. The van der Waals surface area contributed by atoms with E-state index in [1.807, 2.05) is 37.5 Å². The topological polar surface area (TPSA) is 53.9 Å². The number of anilines is 2. The van der Waals surface area contributed by atoms with Crippen LogP contribution in [0.15, 0.2) is 60.9 Å². The second-order valence-electron chi connectivity index (χ2n) is 7.52. The Labute approximate surface area is 166 Å². The molecule has 0 spiro atoms. The number of benzene rings is 1. The van der Waals surface area contributed by atoms with Crippen LogP contribution in [0.5, 0.6) is 0 Å². The molecule has 5 heteroatoms. The lowest BCUT2D eigenvalue weighted by atomic mass is 9.90. The second-order valence-corrected chi connectivity index (χ2v) is 7.52. The van der Waals surface area contributed by atoms with E-state index >= 15 is 0 Å². The lowest BCUT2D eigenvalue weighted by Crippen LogP contribution is -2.35. The monoisotopic (exact) mass is 373 g/mol. The summed E-state index contributed by atoms with van der Waals surface area (Å²) in [5.41, 5.74) is 3.62. The number of aromatic nitrogens is 3. The Kier molecular flexibility index (Phi) is 5.80. The minimum absolute atomic E-state index is 0.734. The highest BCUT2D eigenvalue weighted by atomic mass is 15.3. The molecule has 28 heavy (non-hydrogen) atoms. The SMILES string of the molecule is Cc1cc(NCc2ccncc2)nc(N2CCC(Cc3ccccc3)CC2)n1. The molecule has 3 heterocycles. The van der Waals surface area contributed by atoms with Gasteiger partial charge in [0.05, 0.1) is 0 Å². The molecule has 1 aliphatic rings. The third-order valence-electron chi connectivity index (χ3n) is 5.33. The molecule has 2 aromatic heterocycles. The van der Waals surface area contributed by atoms with Gasteiger partial charge in [-0.25, -0.2) is 4.98 Å². The average molecular weight is 374 g/mol. The van der Waals surface area contributed by atoms with Gasteiger partial charge in [0.2, 0.25) is 5.95 Å². The standard InChI is InChI=1S/C23H27N5/c1-18-15-22(25-17-21-7-11-24-12-8-21)27-23(26-18)28-13-9-20(10-14-28)16-19-5-3-2-4-6-19/h2-8,11-12,15,20H,9-10,13-14,16-17H2,1H3,(H,25,26,27). The van der Waals surface area contributed by atoms with Crippen LogP contribution >= 0.6 is 0 Å². The number of hydrogen-bond acceptors (Lipinski definition) is 5. The maximum Gasteiger partial charge on any atom is 0.227 e. The van der Waals surface area contributed by atoms with Crippen LogP contribution in [0.4, 0.5) is 11.8 Å². The van der Waals surface area contributed by atoms with Gasteiger partial charge in [-0.2, -0.15) is 4.98 Å². The van der Waals surface area contributed by atoms with Gasteiger partial charge in [-0.1, -0.05) is 30.3 Å². The molecule has 0 bridgehead atoms. The first kappa shape index (κ1) is 18.4. The summed E-state index contributed by atoms with van der Waals surface area (Å²) in [7, 11) is 0. The molecule has 0 radical (unpaired) electrons. The van der Waals surface area contributed by atoms with Crippen molar-refractivity contribution in [1.29, 1.82) is 0 Å². The molecule has 1 N–H and O–H groups in total. The quantitative estimate of drug-likeness (QED) is 0.700. The lowest BCUT2D eigenvalue weighted by Gasteiger charge is -2.32. The molecule has 3 aromatic rings. The van der Waals surface area contributed by atoms with Crippen molar-refractivity contribution in [3.8, 4) is 0 Å². The van der Waals surface area contributed by atoms with Gasteiger partial charge < -0.3 is 10.2 Å². The van der Waals surface area contributed by atoms with E-state index in [1.54, 1.807) is 0 Å². The molecular weight excluding hydrogens is 346 g/mol. The van der Waals surface area contributed by atoms with Crippen LogP contribution in [0.25, 0.3) is 0 Å². The zero-order valence-electron chi connectivity index (χ0n) is 16.4. The first-order valence-electron chi connectivity index (χ1n) is 10.0. The molecule has 0 amide bonds. The zero-order valence-corrected chi connectivity index (χ0v) is 16.4. The van der Waals surface area contributed by atoms with Gasteiger partial charge in [-0.05, 0) is 55.4 Å². The summed E-state index contributed by atoms with van der Waals surface area (Å²) in [6.07, 6.45) is 7.17. The van der Waals surface area contributed by atoms with Crippen LogP contribution in [0.3, 0.4) is 0 Å². The Morgan fingerprint density at radius 3 is 2.46 bits per heavy atom. The highest BCUT2D eigenvalue weighted by Crippen LogP contribution is 2.25. The summed E-state index contributed by atoms with van der Waals surface area (Å²) >= 11 is 0. The third-order valence-corrected chi connectivity index (χ3v) is 5.33. The van der Waals surface area contributed by atoms with Gasteiger partial charge in [0.25, 0.3) is 0 Å². The first-order valence-corrected chi connectivity index (χ1v) is 10.0. The number of hydrogen-bond donors (Lipinski definition) is 1. The van der Waals surface area contributed by atoms with Crippen molar-refractivity contribution in [2.75, 3.05) is 23.3 Å². The van der Waals surface area contributed by atoms with Crippen molar-refractivity contribution in [2.45, 2.75) is 32.7 Å². The minimum atomic E-state index is 0.734. The molecule has 1 aromatic carbocycles. The van der Waals surface area contributed by atoms with E-state index in [4.69, 9.17) is 4.98 Å². The highest BCUT2D eigenvalue weighted by molar-refractivity contribution is 5.44. The van der Waals surface area contributed by atoms with Crippen LogP contribution in [0.1, 0.15) is 29.7 Å². The Hall–Kier alpha value is -2.95. The maximum absolute atomic E-state index is 4.77. The fraction of sp³-hybridized carbons (Fsp3) is 0.348. The summed E-state index contributed by atoms with van der Waals surface area (Å²) in [6.45, 7) is 4.80. The summed E-state index contributed by atoms with van der Waals surface area (Å²) in [5.74, 6) is 2.47. The van der Waals surface area contributed by atoms with Crippen LogP contribution in [0.2, 0.25) is 0 Å². The number of aryl methyl sites for hydroxylation is 1. The van der Waals surface area contributed by atoms with Crippen LogP contribution in [0, 0.1) is 12.8 Å². The van der Waals surface area contributed by atoms with E-state index in [9.17, 15) is 0 Å². The van der Waals surface area contributed by atoms with E-state index in [-0.39, 0.29) is 0 Å². The summed E-state index contributed by atoms with van der Waals surface area (Å²) in [5, 5.41) is 3.42. The number of piperidine rings is 1. The molecule has 1 saturated heterocycles. The first-order chi connectivity index (χ1) is 13.8. The summed E-state index contributed by atoms with van der Waals surface area (Å²) in [6, 6.07) is 16.8. The molecule has 1 fully saturated rings. The van der Waals surface area contributed by atoms with E-state index in [0.29, 0.717) is 0 Å². The Bertz CT molecular complexity index is 874. The zero-order chi connectivity index (χ0) is 19.2. The predicted octanol–water partition coefficient (Wildman–Crippen LogP) is 4.25. The minimum Gasteiger partial charge on any atom is -0.366 e. The molecule has 5 nitrogen and oxygen atoms in total. The van der Waals surface area contributed by atoms with Crippen molar-refractivity contribution in [1.82, 2.24) is 15.0 Å². The largest absolute Gasteiger partial charge is 0.366 e. The fourth-order valence-corrected chi connectivity index (χ4v) is 3.76. The summed E-state index contributed by atoms with van der Waals surface area (Å²) < 4.78 is 0. The van der Waals surface area contributed by atoms with Crippen molar-refractivity contribution in [3.05, 3.63) is 77.7 Å². The van der Waals surface area contributed by atoms with Gasteiger partial charge in [-0.3, -0.25) is 4.98 Å². The normalized spacial score (nSPS) is 14.8. The Morgan fingerprint density at radius 2 is 1.71 bits per heavy atom. The van der Waals surface area contributed by atoms with Crippen LogP contribution in [-0.4, -0.2) is 28.0 Å². The third kappa shape index (κ3) is 4.85. The van der Waals surface area contributed by atoms with Crippen LogP contribution in [-0.2, 0) is 13.0 Å². The molecule has 0 aliphatic carbocycles. The molecular formula is C23H27N5. The molecule has 1 aliphatic heterocycles. The summed E-state index contributed by atoms with van der Waals surface area (Å²) in [4.78, 5) is 15.8. The Morgan fingerprint density at radius 1 is 0.964 bits per heavy atom. The number of nitrogens with zero attached hydrogens (tertiary/aromatic N) is 4. The van der Waals surface area contributed by atoms with E-state index in [0.717, 1.165) is 43.0 Å². The van der Waals surface area contributed by atoms with E-state index < -0.39 is 0 Å². The van der Waals surface area contributed by atoms with Gasteiger partial charge in [0.1, 0.15) is 5.82 Å². The van der Waals surface area contributed by atoms with Crippen LogP contribution < -0.4 is 10.2 Å². The fourth-order valence-electron chi connectivity index (χ4n) is 3.76. The van der Waals surface area contributed by atoms with E-state index in [1.165, 1.54) is 30.4 Å². The maximum atomic E-state index is 4.77. The molecule has 0 unspecified atom stereocenters. The predicted molar refractivity (Wildman–Crippen MR) is 113 cm³/mol. The van der Waals surface area contributed by atoms with Gasteiger partial charge in [0.15, 0.2) is 0 Å². The smallest absolute Gasteiger partial charge is 0.227 e. The van der Waals surface area contributed by atoms with Crippen molar-refractivity contribution in [2.24, 2.45) is 5.92 Å². The number of pyridine rings is 1. The average Bonchev–Trinajstić information content (AvgIpc) is 2.74. The van der Waals surface area contributed by atoms with Crippen molar-refractivity contribution >= 4 is 11.8 Å². The van der Waals surface area contributed by atoms with Gasteiger partial charge >= 0.3 is 0 Å².